The van der Waals surface area contributed by atoms with Crippen molar-refractivity contribution in [2.75, 3.05) is 20.3 Å². The third-order valence-electron chi connectivity index (χ3n) is 7.21. The Morgan fingerprint density at radius 1 is 0.591 bits per heavy atom. The normalized spacial score (nSPS) is 14.0. The van der Waals surface area contributed by atoms with E-state index in [0.29, 0.717) is 33.0 Å². The molecule has 0 aliphatic heterocycles. The van der Waals surface area contributed by atoms with Gasteiger partial charge in [-0.1, -0.05) is 121 Å². The van der Waals surface area contributed by atoms with Crippen molar-refractivity contribution < 1.29 is 28.5 Å². The Morgan fingerprint density at radius 2 is 1.00 bits per heavy atom. The summed E-state index contributed by atoms with van der Waals surface area (Å²) in [6.07, 6.45) is -1.53. The molecule has 4 rings (SSSR count). The molecule has 4 aromatic rings. The molecule has 0 saturated heterocycles. The smallest absolute Gasteiger partial charge is 0.322 e. The van der Waals surface area contributed by atoms with Crippen LogP contribution in [0, 0.1) is 0 Å². The van der Waals surface area contributed by atoms with E-state index >= 15 is 0 Å². The van der Waals surface area contributed by atoms with Gasteiger partial charge in [0, 0.05) is 6.54 Å². The number of rotatable bonds is 19. The van der Waals surface area contributed by atoms with Crippen LogP contribution in [0.1, 0.15) is 29.2 Å². The Bertz CT molecular complexity index is 1320. The summed E-state index contributed by atoms with van der Waals surface area (Å²) >= 11 is 0. The second-order valence-electron chi connectivity index (χ2n) is 10.6. The molecule has 0 spiro atoms. The van der Waals surface area contributed by atoms with Gasteiger partial charge < -0.3 is 29.0 Å². The molecule has 4 atom stereocenters. The van der Waals surface area contributed by atoms with Crippen molar-refractivity contribution in [1.82, 2.24) is 5.32 Å². The number of hydrogen-bond donors (Lipinski definition) is 1. The highest BCUT2D eigenvalue weighted by Gasteiger charge is 2.34. The first kappa shape index (κ1) is 33.1. The molecule has 4 aromatic carbocycles. The average Bonchev–Trinajstić information content (AvgIpc) is 3.08. The van der Waals surface area contributed by atoms with Crippen LogP contribution in [0.3, 0.4) is 0 Å². The summed E-state index contributed by atoms with van der Waals surface area (Å²) in [4.78, 5) is 12.3. The lowest BCUT2D eigenvalue weighted by molar-refractivity contribution is -0.168. The maximum Gasteiger partial charge on any atom is 0.322 e. The minimum absolute atomic E-state index is 0.277. The highest BCUT2D eigenvalue weighted by molar-refractivity contribution is 5.75. The topological polar surface area (TPSA) is 75.3 Å². The van der Waals surface area contributed by atoms with Crippen LogP contribution >= 0.6 is 0 Å². The lowest BCUT2D eigenvalue weighted by Gasteiger charge is -2.34. The number of ether oxygens (including phenoxy) is 5. The molecular formula is C37H43NO6. The maximum absolute atomic E-state index is 12.3. The van der Waals surface area contributed by atoms with E-state index in [-0.39, 0.29) is 12.6 Å². The summed E-state index contributed by atoms with van der Waals surface area (Å²) < 4.78 is 31.0. The second-order valence-corrected chi connectivity index (χ2v) is 10.6. The zero-order valence-electron chi connectivity index (χ0n) is 25.5. The Kier molecular flexibility index (Phi) is 14.1. The van der Waals surface area contributed by atoms with Gasteiger partial charge in [-0.15, -0.1) is 0 Å². The van der Waals surface area contributed by atoms with Gasteiger partial charge in [0.25, 0.3) is 0 Å². The molecular weight excluding hydrogens is 554 g/mol. The van der Waals surface area contributed by atoms with Crippen LogP contribution in [0.25, 0.3) is 0 Å². The number of hydrogen-bond acceptors (Lipinski definition) is 7. The van der Waals surface area contributed by atoms with Crippen molar-refractivity contribution in [2.45, 2.75) is 57.7 Å². The lowest BCUT2D eigenvalue weighted by atomic mass is 10.1. The fraction of sp³-hybridized carbons (Fsp3) is 0.324. The van der Waals surface area contributed by atoms with Gasteiger partial charge in [0.1, 0.15) is 18.2 Å². The summed E-state index contributed by atoms with van der Waals surface area (Å²) in [6.45, 7) is 3.90. The molecule has 232 valence electrons. The summed E-state index contributed by atoms with van der Waals surface area (Å²) in [5.74, 6) is -0.350. The van der Waals surface area contributed by atoms with Crippen LogP contribution in [0.5, 0.6) is 0 Å². The summed E-state index contributed by atoms with van der Waals surface area (Å²) in [6, 6.07) is 39.6. The summed E-state index contributed by atoms with van der Waals surface area (Å²) in [5, 5.41) is 3.28. The van der Waals surface area contributed by atoms with Crippen molar-refractivity contribution in [3.8, 4) is 0 Å². The third kappa shape index (κ3) is 11.3. The zero-order chi connectivity index (χ0) is 30.8. The van der Waals surface area contributed by atoms with Crippen molar-refractivity contribution in [3.05, 3.63) is 144 Å². The van der Waals surface area contributed by atoms with Gasteiger partial charge in [-0.05, 0) is 29.2 Å². The largest absolute Gasteiger partial charge is 0.468 e. The van der Waals surface area contributed by atoms with E-state index in [1.165, 1.54) is 7.11 Å². The van der Waals surface area contributed by atoms with E-state index < -0.39 is 24.4 Å². The number of methoxy groups -OCH3 is 1. The molecule has 0 aliphatic rings. The third-order valence-corrected chi connectivity index (χ3v) is 7.21. The number of carbonyl (C=O) groups is 1. The quantitative estimate of drug-likeness (QED) is 0.131. The number of benzene rings is 4. The van der Waals surface area contributed by atoms with Crippen LogP contribution in [0.15, 0.2) is 121 Å². The molecule has 0 fully saturated rings. The predicted octanol–water partition coefficient (Wildman–Crippen LogP) is 6.11. The molecule has 0 saturated carbocycles. The highest BCUT2D eigenvalue weighted by Crippen LogP contribution is 2.20. The van der Waals surface area contributed by atoms with Crippen LogP contribution in [0.4, 0.5) is 0 Å². The second kappa shape index (κ2) is 18.7. The van der Waals surface area contributed by atoms with Crippen LogP contribution in [-0.2, 0) is 54.9 Å². The zero-order valence-corrected chi connectivity index (χ0v) is 25.5. The van der Waals surface area contributed by atoms with Gasteiger partial charge in [-0.25, -0.2) is 0 Å². The Hall–Kier alpha value is -3.85. The molecule has 0 aliphatic carbocycles. The predicted molar refractivity (Wildman–Crippen MR) is 171 cm³/mol. The molecule has 44 heavy (non-hydrogen) atoms. The number of nitrogens with one attached hydrogen (secondary N) is 1. The molecule has 7 heteroatoms. The van der Waals surface area contributed by atoms with Crippen molar-refractivity contribution in [2.24, 2.45) is 0 Å². The molecule has 0 bridgehead atoms. The van der Waals surface area contributed by atoms with Crippen molar-refractivity contribution in [3.63, 3.8) is 0 Å². The first-order valence-corrected chi connectivity index (χ1v) is 15.0. The average molecular weight is 598 g/mol. The van der Waals surface area contributed by atoms with E-state index in [1.807, 2.05) is 121 Å². The fourth-order valence-corrected chi connectivity index (χ4v) is 4.70. The van der Waals surface area contributed by atoms with Gasteiger partial charge >= 0.3 is 5.97 Å². The van der Waals surface area contributed by atoms with Gasteiger partial charge in [-0.3, -0.25) is 4.79 Å². The van der Waals surface area contributed by atoms with Gasteiger partial charge in [0.05, 0.1) is 46.2 Å². The Balaban J connectivity index is 1.60. The maximum atomic E-state index is 12.3. The SMILES string of the molecule is COC(=O)[C@@H](C)NC[C@H](OCc1ccccc1)[C@H](OCc1ccccc1)[C@@H](COCc1ccccc1)OCc1ccccc1. The van der Waals surface area contributed by atoms with Crippen LogP contribution in [-0.4, -0.2) is 50.6 Å². The van der Waals surface area contributed by atoms with Gasteiger partial charge in [-0.2, -0.15) is 0 Å². The minimum atomic E-state index is -0.546. The van der Waals surface area contributed by atoms with E-state index in [9.17, 15) is 4.79 Å². The van der Waals surface area contributed by atoms with Crippen molar-refractivity contribution in [1.29, 1.82) is 0 Å². The fourth-order valence-electron chi connectivity index (χ4n) is 4.70. The van der Waals surface area contributed by atoms with E-state index in [2.05, 4.69) is 5.32 Å². The molecule has 1 N–H and O–H groups in total. The van der Waals surface area contributed by atoms with Crippen LogP contribution < -0.4 is 5.32 Å². The first-order chi connectivity index (χ1) is 21.6. The molecule has 0 unspecified atom stereocenters. The van der Waals surface area contributed by atoms with Gasteiger partial charge in [0.15, 0.2) is 0 Å². The van der Waals surface area contributed by atoms with Crippen LogP contribution in [0.2, 0.25) is 0 Å². The Morgan fingerprint density at radius 3 is 1.45 bits per heavy atom. The number of esters is 1. The standard InChI is InChI=1S/C37H43NO6/c1-29(37(39)40-2)38-23-34(42-25-31-17-9-4-10-18-31)36(44-27-33-21-13-6-14-22-33)35(43-26-32-19-11-5-12-20-32)28-41-24-30-15-7-3-8-16-30/h3-22,29,34-36,38H,23-28H2,1-2H3/t29-,34+,35-,36+/m1/s1. The lowest BCUT2D eigenvalue weighted by Crippen LogP contribution is -2.51. The van der Waals surface area contributed by atoms with E-state index in [0.717, 1.165) is 22.3 Å². The van der Waals surface area contributed by atoms with Crippen molar-refractivity contribution >= 4 is 5.97 Å². The van der Waals surface area contributed by atoms with E-state index in [4.69, 9.17) is 23.7 Å². The number of carbonyl (C=O) groups excluding carboxylic acids is 1. The monoisotopic (exact) mass is 597 g/mol. The van der Waals surface area contributed by atoms with Gasteiger partial charge in [0.2, 0.25) is 0 Å². The summed E-state index contributed by atoms with van der Waals surface area (Å²) in [7, 11) is 1.38. The summed E-state index contributed by atoms with van der Waals surface area (Å²) in [5.41, 5.74) is 4.17. The highest BCUT2D eigenvalue weighted by atomic mass is 16.6. The minimum Gasteiger partial charge on any atom is -0.468 e. The molecule has 0 amide bonds. The molecule has 0 radical (unpaired) electrons. The molecule has 7 nitrogen and oxygen atoms in total. The molecule has 0 heterocycles. The van der Waals surface area contributed by atoms with E-state index in [1.54, 1.807) is 6.92 Å². The molecule has 0 aromatic heterocycles. The Labute approximate surface area is 261 Å². The first-order valence-electron chi connectivity index (χ1n) is 15.0.